The minimum atomic E-state index is -0.260. The van der Waals surface area contributed by atoms with Crippen LogP contribution in [0.25, 0.3) is 0 Å². The molecule has 4 heteroatoms. The monoisotopic (exact) mass is 262 g/mol. The first kappa shape index (κ1) is 13.4. The topological polar surface area (TPSA) is 42.3 Å². The Morgan fingerprint density at radius 1 is 1.16 bits per heavy atom. The maximum atomic E-state index is 9.77. The standard InChI is InChI=1S/C15H26N4/c1-18-7-2-8-19(10-9-18)12-15(11-16,13-3-4-13)17-14-5-6-14/h13-14,17H,2-10,12H2,1H3. The van der Waals surface area contributed by atoms with Crippen LogP contribution in [0.3, 0.4) is 0 Å². The first-order chi connectivity index (χ1) is 9.22. The molecule has 3 rings (SSSR count). The molecular weight excluding hydrogens is 236 g/mol. The molecule has 0 aromatic carbocycles. The van der Waals surface area contributed by atoms with E-state index in [0.29, 0.717) is 12.0 Å². The molecule has 2 saturated carbocycles. The summed E-state index contributed by atoms with van der Waals surface area (Å²) in [5, 5.41) is 13.4. The molecule has 1 atom stereocenters. The van der Waals surface area contributed by atoms with Gasteiger partial charge in [-0.05, 0) is 58.2 Å². The summed E-state index contributed by atoms with van der Waals surface area (Å²) < 4.78 is 0. The molecule has 1 aliphatic heterocycles. The van der Waals surface area contributed by atoms with Crippen LogP contribution < -0.4 is 5.32 Å². The molecule has 3 fully saturated rings. The first-order valence-electron chi connectivity index (χ1n) is 7.82. The summed E-state index contributed by atoms with van der Waals surface area (Å²) in [4.78, 5) is 4.92. The fraction of sp³-hybridized carbons (Fsp3) is 0.933. The third-order valence-electron chi connectivity index (χ3n) is 4.80. The Bertz CT molecular complexity index is 356. The fourth-order valence-corrected chi connectivity index (χ4v) is 3.23. The van der Waals surface area contributed by atoms with Gasteiger partial charge in [0.25, 0.3) is 0 Å². The quantitative estimate of drug-likeness (QED) is 0.804. The van der Waals surface area contributed by atoms with Gasteiger partial charge in [-0.15, -0.1) is 0 Å². The van der Waals surface area contributed by atoms with Gasteiger partial charge in [0.15, 0.2) is 0 Å². The average Bonchev–Trinajstić information content (AvgIpc) is 3.26. The normalized spacial score (nSPS) is 29.5. The molecule has 0 spiro atoms. The number of rotatable bonds is 5. The second-order valence-electron chi connectivity index (χ2n) is 6.71. The lowest BCUT2D eigenvalue weighted by Crippen LogP contribution is -2.55. The van der Waals surface area contributed by atoms with Crippen LogP contribution in [0.1, 0.15) is 32.1 Å². The smallest absolute Gasteiger partial charge is 0.122 e. The number of hydrogen-bond acceptors (Lipinski definition) is 4. The van der Waals surface area contributed by atoms with Crippen LogP contribution in [0, 0.1) is 17.2 Å². The van der Waals surface area contributed by atoms with E-state index in [4.69, 9.17) is 0 Å². The third-order valence-corrected chi connectivity index (χ3v) is 4.80. The zero-order chi connectivity index (χ0) is 13.3. The van der Waals surface area contributed by atoms with Crippen molar-refractivity contribution in [3.8, 4) is 6.07 Å². The maximum absolute atomic E-state index is 9.77. The van der Waals surface area contributed by atoms with Gasteiger partial charge in [-0.3, -0.25) is 10.2 Å². The third kappa shape index (κ3) is 3.28. The van der Waals surface area contributed by atoms with Crippen LogP contribution in [0.5, 0.6) is 0 Å². The van der Waals surface area contributed by atoms with Gasteiger partial charge in [0, 0.05) is 25.7 Å². The molecule has 1 heterocycles. The maximum Gasteiger partial charge on any atom is 0.122 e. The van der Waals surface area contributed by atoms with Gasteiger partial charge in [-0.2, -0.15) is 5.26 Å². The van der Waals surface area contributed by atoms with Crippen molar-refractivity contribution in [3.05, 3.63) is 0 Å². The van der Waals surface area contributed by atoms with Gasteiger partial charge in [-0.25, -0.2) is 0 Å². The molecule has 0 aromatic rings. The van der Waals surface area contributed by atoms with E-state index in [9.17, 15) is 5.26 Å². The molecule has 3 aliphatic rings. The van der Waals surface area contributed by atoms with Crippen molar-refractivity contribution in [2.45, 2.75) is 43.7 Å². The summed E-state index contributed by atoms with van der Waals surface area (Å²) in [7, 11) is 2.20. The highest BCUT2D eigenvalue weighted by atomic mass is 15.2. The minimum absolute atomic E-state index is 0.260. The van der Waals surface area contributed by atoms with Gasteiger partial charge >= 0.3 is 0 Å². The molecule has 1 unspecified atom stereocenters. The molecule has 19 heavy (non-hydrogen) atoms. The second-order valence-corrected chi connectivity index (χ2v) is 6.71. The second kappa shape index (κ2) is 5.40. The minimum Gasteiger partial charge on any atom is -0.305 e. The van der Waals surface area contributed by atoms with Gasteiger partial charge < -0.3 is 4.90 Å². The van der Waals surface area contributed by atoms with Crippen molar-refractivity contribution in [1.29, 1.82) is 5.26 Å². The van der Waals surface area contributed by atoms with Crippen molar-refractivity contribution >= 4 is 0 Å². The van der Waals surface area contributed by atoms with Crippen LogP contribution in [0.15, 0.2) is 0 Å². The Labute approximate surface area is 116 Å². The molecule has 0 amide bonds. The average molecular weight is 262 g/mol. The van der Waals surface area contributed by atoms with Gasteiger partial charge in [-0.1, -0.05) is 0 Å². The number of nitrogens with zero attached hydrogens (tertiary/aromatic N) is 3. The summed E-state index contributed by atoms with van der Waals surface area (Å²) >= 11 is 0. The summed E-state index contributed by atoms with van der Waals surface area (Å²) in [5.74, 6) is 0.596. The van der Waals surface area contributed by atoms with E-state index < -0.39 is 0 Å². The van der Waals surface area contributed by atoms with Crippen LogP contribution in [-0.4, -0.2) is 61.2 Å². The summed E-state index contributed by atoms with van der Waals surface area (Å²) in [6.45, 7) is 5.51. The molecule has 0 bridgehead atoms. The zero-order valence-corrected chi connectivity index (χ0v) is 12.1. The van der Waals surface area contributed by atoms with E-state index >= 15 is 0 Å². The Hall–Kier alpha value is -0.630. The van der Waals surface area contributed by atoms with Crippen molar-refractivity contribution < 1.29 is 0 Å². The molecule has 1 saturated heterocycles. The number of nitriles is 1. The van der Waals surface area contributed by atoms with Gasteiger partial charge in [0.1, 0.15) is 5.54 Å². The van der Waals surface area contributed by atoms with Crippen LogP contribution in [-0.2, 0) is 0 Å². The van der Waals surface area contributed by atoms with E-state index in [1.54, 1.807) is 0 Å². The number of likely N-dealkylation sites (N-methyl/N-ethyl adjacent to an activating group) is 1. The molecular formula is C15H26N4. The number of nitrogens with one attached hydrogen (secondary N) is 1. The van der Waals surface area contributed by atoms with E-state index in [0.717, 1.165) is 26.2 Å². The zero-order valence-electron chi connectivity index (χ0n) is 12.1. The Kier molecular flexibility index (Phi) is 3.79. The van der Waals surface area contributed by atoms with E-state index in [-0.39, 0.29) is 5.54 Å². The Morgan fingerprint density at radius 3 is 2.58 bits per heavy atom. The molecule has 0 radical (unpaired) electrons. The van der Waals surface area contributed by atoms with Crippen molar-refractivity contribution in [2.24, 2.45) is 5.92 Å². The highest BCUT2D eigenvalue weighted by Crippen LogP contribution is 2.41. The summed E-state index contributed by atoms with van der Waals surface area (Å²) in [6.07, 6.45) is 6.23. The van der Waals surface area contributed by atoms with Crippen LogP contribution in [0.2, 0.25) is 0 Å². The highest BCUT2D eigenvalue weighted by molar-refractivity contribution is 5.18. The predicted molar refractivity (Wildman–Crippen MR) is 75.8 cm³/mol. The summed E-state index contributed by atoms with van der Waals surface area (Å²) in [6, 6.07) is 3.28. The Morgan fingerprint density at radius 2 is 1.95 bits per heavy atom. The van der Waals surface area contributed by atoms with Crippen molar-refractivity contribution in [2.75, 3.05) is 39.8 Å². The Balaban J connectivity index is 1.64. The molecule has 106 valence electrons. The SMILES string of the molecule is CN1CCCN(CC(C#N)(NC2CC2)C2CC2)CC1. The largest absolute Gasteiger partial charge is 0.305 e. The number of hydrogen-bond donors (Lipinski definition) is 1. The predicted octanol–water partition coefficient (Wildman–Crippen LogP) is 1.05. The molecule has 1 N–H and O–H groups in total. The lowest BCUT2D eigenvalue weighted by Gasteiger charge is -2.34. The lowest BCUT2D eigenvalue weighted by molar-refractivity contribution is 0.198. The van der Waals surface area contributed by atoms with Gasteiger partial charge in [0.2, 0.25) is 0 Å². The van der Waals surface area contributed by atoms with E-state index in [1.807, 2.05) is 0 Å². The van der Waals surface area contributed by atoms with Crippen LogP contribution in [0.4, 0.5) is 0 Å². The molecule has 2 aliphatic carbocycles. The van der Waals surface area contributed by atoms with Crippen molar-refractivity contribution in [1.82, 2.24) is 15.1 Å². The summed E-state index contributed by atoms with van der Waals surface area (Å²) in [5.41, 5.74) is -0.260. The molecule has 4 nitrogen and oxygen atoms in total. The molecule has 0 aromatic heterocycles. The fourth-order valence-electron chi connectivity index (χ4n) is 3.23. The van der Waals surface area contributed by atoms with E-state index in [1.165, 1.54) is 38.6 Å². The van der Waals surface area contributed by atoms with Crippen molar-refractivity contribution in [3.63, 3.8) is 0 Å². The highest BCUT2D eigenvalue weighted by Gasteiger charge is 2.49. The van der Waals surface area contributed by atoms with Crippen LogP contribution >= 0.6 is 0 Å². The van der Waals surface area contributed by atoms with E-state index in [2.05, 4.69) is 28.2 Å². The first-order valence-corrected chi connectivity index (χ1v) is 7.82. The lowest BCUT2D eigenvalue weighted by atomic mass is 9.93. The van der Waals surface area contributed by atoms with Gasteiger partial charge in [0.05, 0.1) is 6.07 Å².